The van der Waals surface area contributed by atoms with E-state index >= 15 is 0 Å². The number of nitrogens with zero attached hydrogens (tertiary/aromatic N) is 1. The van der Waals surface area contributed by atoms with Gasteiger partial charge in [-0.05, 0) is 43.4 Å². The molecule has 3 rings (SSSR count). The summed E-state index contributed by atoms with van der Waals surface area (Å²) in [5, 5.41) is 3.39. The Morgan fingerprint density at radius 2 is 2.06 bits per heavy atom. The van der Waals surface area contributed by atoms with Crippen LogP contribution in [-0.2, 0) is 6.54 Å². The Balaban J connectivity index is 1.68. The first-order valence-electron chi connectivity index (χ1n) is 6.84. The summed E-state index contributed by atoms with van der Waals surface area (Å²) >= 11 is 0. The molecule has 1 heterocycles. The number of hydrogen-bond acceptors (Lipinski definition) is 2. The number of benzene rings is 1. The van der Waals surface area contributed by atoms with Crippen molar-refractivity contribution in [2.75, 3.05) is 20.1 Å². The normalized spacial score (nSPS) is 25.4. The smallest absolute Gasteiger partial charge is 0.0237 e. The second-order valence-corrected chi connectivity index (χ2v) is 5.48. The highest BCUT2D eigenvalue weighted by Crippen LogP contribution is 2.41. The molecule has 1 saturated heterocycles. The minimum Gasteiger partial charge on any atom is -0.316 e. The molecule has 1 N–H and O–H groups in total. The first-order chi connectivity index (χ1) is 8.36. The van der Waals surface area contributed by atoms with Gasteiger partial charge in [0.2, 0.25) is 0 Å². The number of likely N-dealkylation sites (N-methyl/N-ethyl adjacent to an activating group) is 1. The van der Waals surface area contributed by atoms with Gasteiger partial charge in [0.25, 0.3) is 0 Å². The van der Waals surface area contributed by atoms with Gasteiger partial charge in [-0.3, -0.25) is 4.90 Å². The zero-order valence-corrected chi connectivity index (χ0v) is 10.7. The molecule has 0 bridgehead atoms. The molecular formula is C15H22N2. The van der Waals surface area contributed by atoms with Crippen LogP contribution in [0.15, 0.2) is 24.3 Å². The lowest BCUT2D eigenvalue weighted by atomic mass is 10.0. The summed E-state index contributed by atoms with van der Waals surface area (Å²) in [6.45, 7) is 3.59. The monoisotopic (exact) mass is 230 g/mol. The Morgan fingerprint density at radius 1 is 1.24 bits per heavy atom. The fourth-order valence-electron chi connectivity index (χ4n) is 2.92. The third kappa shape index (κ3) is 2.53. The minimum absolute atomic E-state index is 0.697. The van der Waals surface area contributed by atoms with Crippen molar-refractivity contribution in [2.45, 2.75) is 37.8 Å². The lowest BCUT2D eigenvalue weighted by Gasteiger charge is -2.18. The largest absolute Gasteiger partial charge is 0.316 e. The van der Waals surface area contributed by atoms with Crippen LogP contribution in [0.1, 0.15) is 36.3 Å². The Hall–Kier alpha value is -0.860. The summed E-state index contributed by atoms with van der Waals surface area (Å²) in [4.78, 5) is 2.59. The molecule has 2 nitrogen and oxygen atoms in total. The van der Waals surface area contributed by atoms with Crippen LogP contribution in [0.25, 0.3) is 0 Å². The quantitative estimate of drug-likeness (QED) is 0.854. The molecule has 17 heavy (non-hydrogen) atoms. The zero-order valence-electron chi connectivity index (χ0n) is 10.7. The van der Waals surface area contributed by atoms with Gasteiger partial charge in [0.15, 0.2) is 0 Å². The lowest BCUT2D eigenvalue weighted by molar-refractivity contribution is 0.321. The van der Waals surface area contributed by atoms with Crippen molar-refractivity contribution in [3.05, 3.63) is 35.4 Å². The fraction of sp³-hybridized carbons (Fsp3) is 0.600. The average Bonchev–Trinajstić information content (AvgIpc) is 3.10. The maximum Gasteiger partial charge on any atom is 0.0237 e. The molecule has 0 spiro atoms. The van der Waals surface area contributed by atoms with Crippen LogP contribution in [0.4, 0.5) is 0 Å². The van der Waals surface area contributed by atoms with Crippen LogP contribution < -0.4 is 5.32 Å². The Bertz CT molecular complexity index is 384. The molecule has 1 aromatic rings. The van der Waals surface area contributed by atoms with Crippen molar-refractivity contribution in [1.29, 1.82) is 0 Å². The van der Waals surface area contributed by atoms with E-state index in [4.69, 9.17) is 0 Å². The Labute approximate surface area is 104 Å². The topological polar surface area (TPSA) is 15.3 Å². The van der Waals surface area contributed by atoms with Gasteiger partial charge in [-0.25, -0.2) is 0 Å². The molecule has 1 atom stereocenters. The summed E-state index contributed by atoms with van der Waals surface area (Å²) < 4.78 is 0. The molecule has 2 aliphatic rings. The average molecular weight is 230 g/mol. The van der Waals surface area contributed by atoms with Gasteiger partial charge < -0.3 is 5.32 Å². The minimum atomic E-state index is 0.697. The van der Waals surface area contributed by atoms with E-state index in [0.717, 1.165) is 12.5 Å². The molecule has 2 heteroatoms. The van der Waals surface area contributed by atoms with E-state index in [-0.39, 0.29) is 0 Å². The molecule has 0 aromatic heterocycles. The lowest BCUT2D eigenvalue weighted by Crippen LogP contribution is -2.29. The van der Waals surface area contributed by atoms with Gasteiger partial charge >= 0.3 is 0 Å². The zero-order chi connectivity index (χ0) is 11.7. The second kappa shape index (κ2) is 4.79. The van der Waals surface area contributed by atoms with E-state index in [1.54, 1.807) is 11.1 Å². The van der Waals surface area contributed by atoms with E-state index in [0.29, 0.717) is 6.04 Å². The maximum atomic E-state index is 3.39. The molecule has 1 aliphatic heterocycles. The molecule has 0 radical (unpaired) electrons. The highest BCUT2D eigenvalue weighted by atomic mass is 15.2. The SMILES string of the molecule is CNC1CCN(Cc2ccccc2C2CC2)C1. The summed E-state index contributed by atoms with van der Waals surface area (Å²) in [7, 11) is 2.08. The molecular weight excluding hydrogens is 208 g/mol. The Kier molecular flexibility index (Phi) is 3.17. The predicted octanol–water partition coefficient (Wildman–Crippen LogP) is 2.36. The molecule has 1 unspecified atom stereocenters. The van der Waals surface area contributed by atoms with Gasteiger partial charge in [-0.15, -0.1) is 0 Å². The van der Waals surface area contributed by atoms with Crippen LogP contribution in [0.3, 0.4) is 0 Å². The van der Waals surface area contributed by atoms with Crippen LogP contribution in [0, 0.1) is 0 Å². The first kappa shape index (κ1) is 11.2. The standard InChI is InChI=1S/C15H22N2/c1-16-14-8-9-17(11-14)10-13-4-2-3-5-15(13)12-6-7-12/h2-5,12,14,16H,6-11H2,1H3. The van der Waals surface area contributed by atoms with E-state index < -0.39 is 0 Å². The van der Waals surface area contributed by atoms with Crippen molar-refractivity contribution >= 4 is 0 Å². The highest BCUT2D eigenvalue weighted by molar-refractivity contribution is 5.33. The third-order valence-corrected chi connectivity index (χ3v) is 4.15. The van der Waals surface area contributed by atoms with Crippen molar-refractivity contribution in [3.8, 4) is 0 Å². The van der Waals surface area contributed by atoms with Gasteiger partial charge in [0.1, 0.15) is 0 Å². The van der Waals surface area contributed by atoms with E-state index in [1.165, 1.54) is 32.4 Å². The van der Waals surface area contributed by atoms with Gasteiger partial charge in [-0.1, -0.05) is 24.3 Å². The summed E-state index contributed by atoms with van der Waals surface area (Å²) in [5.74, 6) is 0.869. The first-order valence-corrected chi connectivity index (χ1v) is 6.84. The van der Waals surface area contributed by atoms with Crippen molar-refractivity contribution in [3.63, 3.8) is 0 Å². The van der Waals surface area contributed by atoms with Gasteiger partial charge in [0.05, 0.1) is 0 Å². The predicted molar refractivity (Wildman–Crippen MR) is 71.2 cm³/mol. The third-order valence-electron chi connectivity index (χ3n) is 4.15. The van der Waals surface area contributed by atoms with Gasteiger partial charge in [0, 0.05) is 25.7 Å². The number of nitrogens with one attached hydrogen (secondary N) is 1. The van der Waals surface area contributed by atoms with Crippen molar-refractivity contribution < 1.29 is 0 Å². The summed E-state index contributed by atoms with van der Waals surface area (Å²) in [6.07, 6.45) is 4.09. The van der Waals surface area contributed by atoms with Crippen LogP contribution in [-0.4, -0.2) is 31.1 Å². The molecule has 92 valence electrons. The second-order valence-electron chi connectivity index (χ2n) is 5.48. The van der Waals surface area contributed by atoms with Crippen molar-refractivity contribution in [1.82, 2.24) is 10.2 Å². The number of rotatable bonds is 4. The van der Waals surface area contributed by atoms with E-state index in [2.05, 4.69) is 41.5 Å². The maximum absolute atomic E-state index is 3.39. The van der Waals surface area contributed by atoms with Crippen LogP contribution >= 0.6 is 0 Å². The fourth-order valence-corrected chi connectivity index (χ4v) is 2.92. The summed E-state index contributed by atoms with van der Waals surface area (Å²) in [5.41, 5.74) is 3.17. The summed E-state index contributed by atoms with van der Waals surface area (Å²) in [6, 6.07) is 9.73. The highest BCUT2D eigenvalue weighted by Gasteiger charge is 2.27. The number of hydrogen-bond donors (Lipinski definition) is 1. The van der Waals surface area contributed by atoms with Crippen molar-refractivity contribution in [2.24, 2.45) is 0 Å². The van der Waals surface area contributed by atoms with E-state index in [9.17, 15) is 0 Å². The Morgan fingerprint density at radius 3 is 2.76 bits per heavy atom. The molecule has 1 aromatic carbocycles. The van der Waals surface area contributed by atoms with E-state index in [1.807, 2.05) is 0 Å². The molecule has 1 saturated carbocycles. The molecule has 0 amide bonds. The molecule has 1 aliphatic carbocycles. The molecule has 2 fully saturated rings. The van der Waals surface area contributed by atoms with Crippen LogP contribution in [0.5, 0.6) is 0 Å². The van der Waals surface area contributed by atoms with Gasteiger partial charge in [-0.2, -0.15) is 0 Å². The number of likely N-dealkylation sites (tertiary alicyclic amines) is 1. The van der Waals surface area contributed by atoms with Crippen LogP contribution in [0.2, 0.25) is 0 Å².